The largest absolute Gasteiger partial charge is 0.438 e. The summed E-state index contributed by atoms with van der Waals surface area (Å²) in [6, 6.07) is 12.1. The summed E-state index contributed by atoms with van der Waals surface area (Å²) < 4.78 is 19.4. The second-order valence-electron chi connectivity index (χ2n) is 4.22. The molecule has 0 aliphatic rings. The number of benzene rings is 2. The van der Waals surface area contributed by atoms with Crippen LogP contribution < -0.4 is 10.5 Å². The smallest absolute Gasteiger partial charge is 0.230 e. The molecule has 0 unspecified atom stereocenters. The van der Waals surface area contributed by atoms with Gasteiger partial charge >= 0.3 is 0 Å². The minimum absolute atomic E-state index is 0.0605. The number of hydrogen-bond acceptors (Lipinski definition) is 4. The Labute approximate surface area is 115 Å². The van der Waals surface area contributed by atoms with E-state index in [1.54, 1.807) is 12.1 Å². The van der Waals surface area contributed by atoms with Crippen LogP contribution in [-0.4, -0.2) is 9.97 Å². The van der Waals surface area contributed by atoms with E-state index < -0.39 is 0 Å². The average molecular weight is 269 g/mol. The van der Waals surface area contributed by atoms with Gasteiger partial charge in [0, 0.05) is 12.1 Å². The summed E-state index contributed by atoms with van der Waals surface area (Å²) in [6.45, 7) is 0.0605. The highest BCUT2D eigenvalue weighted by molar-refractivity contribution is 5.83. The Morgan fingerprint density at radius 2 is 1.90 bits per heavy atom. The first-order chi connectivity index (χ1) is 9.79. The van der Waals surface area contributed by atoms with Crippen LogP contribution in [0.3, 0.4) is 0 Å². The molecule has 0 fully saturated rings. The molecule has 0 saturated heterocycles. The lowest BCUT2D eigenvalue weighted by Crippen LogP contribution is -2.03. The van der Waals surface area contributed by atoms with Crippen LogP contribution >= 0.6 is 0 Å². The van der Waals surface area contributed by atoms with Gasteiger partial charge in [-0.1, -0.05) is 18.2 Å². The molecule has 3 rings (SSSR count). The van der Waals surface area contributed by atoms with Gasteiger partial charge in [-0.2, -0.15) is 0 Å². The number of fused-ring (bicyclic) bond motifs is 1. The molecule has 1 aromatic heterocycles. The van der Waals surface area contributed by atoms with Crippen molar-refractivity contribution in [1.29, 1.82) is 0 Å². The summed E-state index contributed by atoms with van der Waals surface area (Å²) in [6.07, 6.45) is 1.42. The molecule has 0 spiro atoms. The van der Waals surface area contributed by atoms with Crippen molar-refractivity contribution >= 4 is 10.9 Å². The number of nitrogens with two attached hydrogens (primary N) is 1. The molecular formula is C15H12FN3O. The summed E-state index contributed by atoms with van der Waals surface area (Å²) in [5.41, 5.74) is 6.66. The van der Waals surface area contributed by atoms with Crippen LogP contribution in [0.4, 0.5) is 4.39 Å². The molecule has 20 heavy (non-hydrogen) atoms. The van der Waals surface area contributed by atoms with E-state index in [9.17, 15) is 4.39 Å². The van der Waals surface area contributed by atoms with Gasteiger partial charge in [0.05, 0.1) is 10.9 Å². The fourth-order valence-corrected chi connectivity index (χ4v) is 2.00. The molecule has 0 aliphatic heterocycles. The highest BCUT2D eigenvalue weighted by Crippen LogP contribution is 2.29. The molecule has 0 amide bonds. The molecule has 2 aromatic carbocycles. The molecular weight excluding hydrogens is 257 g/mol. The molecule has 0 bridgehead atoms. The zero-order chi connectivity index (χ0) is 13.9. The quantitative estimate of drug-likeness (QED) is 0.794. The van der Waals surface area contributed by atoms with E-state index in [0.717, 1.165) is 10.9 Å². The molecule has 3 aromatic rings. The maximum atomic E-state index is 13.7. The van der Waals surface area contributed by atoms with Gasteiger partial charge in [0.25, 0.3) is 0 Å². The number of nitrogens with zero attached hydrogens (tertiary/aromatic N) is 2. The molecule has 5 heteroatoms. The van der Waals surface area contributed by atoms with Crippen LogP contribution in [-0.2, 0) is 6.54 Å². The van der Waals surface area contributed by atoms with E-state index in [-0.39, 0.29) is 12.4 Å². The van der Waals surface area contributed by atoms with Gasteiger partial charge in [-0.15, -0.1) is 0 Å². The van der Waals surface area contributed by atoms with Crippen molar-refractivity contribution in [3.63, 3.8) is 0 Å². The van der Waals surface area contributed by atoms with Crippen LogP contribution in [0.15, 0.2) is 48.8 Å². The summed E-state index contributed by atoms with van der Waals surface area (Å²) in [5.74, 6) is 0.371. The van der Waals surface area contributed by atoms with Crippen LogP contribution in [0.5, 0.6) is 11.6 Å². The van der Waals surface area contributed by atoms with Crippen molar-refractivity contribution in [3.8, 4) is 11.6 Å². The van der Waals surface area contributed by atoms with E-state index in [0.29, 0.717) is 17.2 Å². The number of halogens is 1. The second kappa shape index (κ2) is 5.22. The van der Waals surface area contributed by atoms with E-state index >= 15 is 0 Å². The predicted octanol–water partition coefficient (Wildman–Crippen LogP) is 3.02. The van der Waals surface area contributed by atoms with Gasteiger partial charge in [0.1, 0.15) is 17.9 Å². The van der Waals surface area contributed by atoms with Gasteiger partial charge in [-0.3, -0.25) is 0 Å². The fraction of sp³-hybridized carbons (Fsp3) is 0.0667. The van der Waals surface area contributed by atoms with E-state index in [2.05, 4.69) is 9.97 Å². The minimum atomic E-state index is -0.386. The van der Waals surface area contributed by atoms with Crippen LogP contribution in [0, 0.1) is 5.82 Å². The zero-order valence-corrected chi connectivity index (χ0v) is 10.6. The molecule has 4 nitrogen and oxygen atoms in total. The molecule has 2 N–H and O–H groups in total. The number of ether oxygens (including phenoxy) is 1. The maximum Gasteiger partial charge on any atom is 0.230 e. The Bertz CT molecular complexity index is 756. The standard InChI is InChI=1S/C15H12FN3O/c16-12-5-3-7-14(11(12)8-17)20-15-10-4-1-2-6-13(10)18-9-19-15/h1-7,9H,8,17H2. The molecule has 0 saturated carbocycles. The number of para-hydroxylation sites is 1. The Hall–Kier alpha value is -2.53. The Kier molecular flexibility index (Phi) is 3.26. The second-order valence-corrected chi connectivity index (χ2v) is 4.22. The van der Waals surface area contributed by atoms with Crippen LogP contribution in [0.25, 0.3) is 10.9 Å². The fourth-order valence-electron chi connectivity index (χ4n) is 2.00. The first-order valence-electron chi connectivity index (χ1n) is 6.14. The van der Waals surface area contributed by atoms with Crippen LogP contribution in [0.1, 0.15) is 5.56 Å². The van der Waals surface area contributed by atoms with Crippen LogP contribution in [0.2, 0.25) is 0 Å². The summed E-state index contributed by atoms with van der Waals surface area (Å²) in [4.78, 5) is 8.26. The summed E-state index contributed by atoms with van der Waals surface area (Å²) in [7, 11) is 0. The average Bonchev–Trinajstić information content (AvgIpc) is 2.48. The van der Waals surface area contributed by atoms with Gasteiger partial charge in [0.2, 0.25) is 5.88 Å². The topological polar surface area (TPSA) is 61.0 Å². The van der Waals surface area contributed by atoms with Gasteiger partial charge in [-0.25, -0.2) is 14.4 Å². The van der Waals surface area contributed by atoms with Crippen molar-refractivity contribution in [3.05, 3.63) is 60.2 Å². The molecule has 0 atom stereocenters. The third-order valence-corrected chi connectivity index (χ3v) is 2.99. The zero-order valence-electron chi connectivity index (χ0n) is 10.6. The van der Waals surface area contributed by atoms with Crippen molar-refractivity contribution in [2.45, 2.75) is 6.54 Å². The molecule has 100 valence electrons. The Morgan fingerprint density at radius 1 is 1.05 bits per heavy atom. The van der Waals surface area contributed by atoms with Crippen molar-refractivity contribution in [2.75, 3.05) is 0 Å². The highest BCUT2D eigenvalue weighted by atomic mass is 19.1. The molecule has 0 radical (unpaired) electrons. The predicted molar refractivity (Wildman–Crippen MR) is 73.9 cm³/mol. The van der Waals surface area contributed by atoms with E-state index in [1.807, 2.05) is 24.3 Å². The van der Waals surface area contributed by atoms with Crippen molar-refractivity contribution < 1.29 is 9.13 Å². The first kappa shape index (κ1) is 12.5. The van der Waals surface area contributed by atoms with E-state index in [1.165, 1.54) is 12.4 Å². The lowest BCUT2D eigenvalue weighted by Gasteiger charge is -2.11. The number of aromatic nitrogens is 2. The highest BCUT2D eigenvalue weighted by Gasteiger charge is 2.11. The van der Waals surface area contributed by atoms with E-state index in [4.69, 9.17) is 10.5 Å². The number of hydrogen-bond donors (Lipinski definition) is 1. The van der Waals surface area contributed by atoms with Crippen molar-refractivity contribution in [1.82, 2.24) is 9.97 Å². The van der Waals surface area contributed by atoms with Gasteiger partial charge in [0.15, 0.2) is 0 Å². The lowest BCUT2D eigenvalue weighted by atomic mass is 10.2. The van der Waals surface area contributed by atoms with Gasteiger partial charge < -0.3 is 10.5 Å². The summed E-state index contributed by atoms with van der Waals surface area (Å²) >= 11 is 0. The SMILES string of the molecule is NCc1c(F)cccc1Oc1ncnc2ccccc12. The van der Waals surface area contributed by atoms with Gasteiger partial charge in [-0.05, 0) is 24.3 Å². The third-order valence-electron chi connectivity index (χ3n) is 2.99. The minimum Gasteiger partial charge on any atom is -0.438 e. The van der Waals surface area contributed by atoms with Crippen molar-refractivity contribution in [2.24, 2.45) is 5.73 Å². The number of rotatable bonds is 3. The monoisotopic (exact) mass is 269 g/mol. The Morgan fingerprint density at radius 3 is 2.75 bits per heavy atom. The first-order valence-corrected chi connectivity index (χ1v) is 6.14. The summed E-state index contributed by atoms with van der Waals surface area (Å²) in [5, 5.41) is 0.766. The molecule has 1 heterocycles. The molecule has 0 aliphatic carbocycles. The normalized spacial score (nSPS) is 10.7. The lowest BCUT2D eigenvalue weighted by molar-refractivity contribution is 0.454. The Balaban J connectivity index is 2.08. The maximum absolute atomic E-state index is 13.7. The third kappa shape index (κ3) is 2.19.